The lowest BCUT2D eigenvalue weighted by Crippen LogP contribution is -2.30. The molecule has 1 unspecified atom stereocenters. The molecule has 0 aromatic rings. The highest BCUT2D eigenvalue weighted by Crippen LogP contribution is 2.44. The summed E-state index contributed by atoms with van der Waals surface area (Å²) in [6.45, 7) is 3.94. The van der Waals surface area contributed by atoms with E-state index >= 15 is 0 Å². The van der Waals surface area contributed by atoms with E-state index in [0.717, 1.165) is 76.5 Å². The number of ketones is 1. The van der Waals surface area contributed by atoms with Gasteiger partial charge < -0.3 is 29.3 Å². The topological polar surface area (TPSA) is 212 Å². The van der Waals surface area contributed by atoms with Crippen molar-refractivity contribution in [2.45, 2.75) is 232 Å². The lowest BCUT2D eigenvalue weighted by molar-refractivity contribution is -0.161. The van der Waals surface area contributed by atoms with Crippen molar-refractivity contribution in [1.82, 2.24) is 0 Å². The monoisotopic (exact) mass is 953 g/mol. The van der Waals surface area contributed by atoms with Crippen LogP contribution in [0.5, 0.6) is 0 Å². The van der Waals surface area contributed by atoms with E-state index in [2.05, 4.69) is 25.3 Å². The molecule has 3 atom stereocenters. The summed E-state index contributed by atoms with van der Waals surface area (Å²) >= 11 is 0. The molecule has 0 aromatic carbocycles. The van der Waals surface area contributed by atoms with Crippen molar-refractivity contribution >= 4 is 33.4 Å². The summed E-state index contributed by atoms with van der Waals surface area (Å²) in [4.78, 5) is 64.6. The van der Waals surface area contributed by atoms with Gasteiger partial charge in [0, 0.05) is 19.3 Å². The van der Waals surface area contributed by atoms with Crippen LogP contribution in [0.2, 0.25) is 0 Å². The van der Waals surface area contributed by atoms with Gasteiger partial charge in [-0.1, -0.05) is 187 Å². The third-order valence-electron chi connectivity index (χ3n) is 10.7. The fraction of sp³-hybridized carbons (Fsp3) is 0.854. The standard InChI is InChI=1S/C48H90O14P2/c1-4-5-29-35-44(49)36-31-26-22-18-16-20-23-27-32-37-47(51)58-41-46(42-61-64(56,57)60-40-45(50)39-59-63(53,54)55)62-48(52)38-33-28-24-19-15-13-11-9-7-6-8-10-12-14-17-21-25-30-34-43(2)3/h22,26,31,36,43,45-46,50H,4-21,23-25,27-30,32-35,37-42H2,1-3H3,(H,56,57)(H2,53,54,55)/b26-22-,36-31+/t45-,46+/m0/s1. The van der Waals surface area contributed by atoms with Crippen LogP contribution in [0, 0.1) is 5.92 Å². The number of rotatable bonds is 47. The van der Waals surface area contributed by atoms with Crippen LogP contribution in [0.1, 0.15) is 220 Å². The molecule has 14 nitrogen and oxygen atoms in total. The number of ether oxygens (including phenoxy) is 2. The molecule has 0 heterocycles. The number of phosphoric acid groups is 2. The predicted octanol–water partition coefficient (Wildman–Crippen LogP) is 12.5. The number of allylic oxidation sites excluding steroid dienone is 4. The number of carbonyl (C=O) groups excluding carboxylic acids is 3. The number of aliphatic hydroxyl groups is 1. The third-order valence-corrected chi connectivity index (χ3v) is 12.2. The van der Waals surface area contributed by atoms with Gasteiger partial charge in [0.2, 0.25) is 0 Å². The molecule has 376 valence electrons. The van der Waals surface area contributed by atoms with Crippen molar-refractivity contribution in [2.24, 2.45) is 5.92 Å². The summed E-state index contributed by atoms with van der Waals surface area (Å²) < 4.78 is 47.9. The molecule has 0 amide bonds. The first-order valence-corrected chi connectivity index (χ1v) is 27.9. The van der Waals surface area contributed by atoms with Gasteiger partial charge in [-0.05, 0) is 44.1 Å². The van der Waals surface area contributed by atoms with E-state index in [1.165, 1.54) is 96.3 Å². The summed E-state index contributed by atoms with van der Waals surface area (Å²) in [6.07, 6.45) is 37.2. The van der Waals surface area contributed by atoms with Crippen molar-refractivity contribution < 1.29 is 66.3 Å². The Bertz CT molecular complexity index is 1300. The summed E-state index contributed by atoms with van der Waals surface area (Å²) in [7, 11) is -9.70. The number of aliphatic hydroxyl groups excluding tert-OH is 1. The van der Waals surface area contributed by atoms with Crippen LogP contribution >= 0.6 is 15.6 Å². The molecule has 0 fully saturated rings. The maximum atomic E-state index is 12.7. The molecule has 0 aliphatic carbocycles. The van der Waals surface area contributed by atoms with Gasteiger partial charge in [-0.25, -0.2) is 9.13 Å². The third kappa shape index (κ3) is 46.8. The van der Waals surface area contributed by atoms with E-state index in [9.17, 15) is 33.5 Å². The highest BCUT2D eigenvalue weighted by molar-refractivity contribution is 7.47. The van der Waals surface area contributed by atoms with E-state index in [0.29, 0.717) is 19.3 Å². The number of esters is 2. The molecular weight excluding hydrogens is 862 g/mol. The summed E-state index contributed by atoms with van der Waals surface area (Å²) in [5.74, 6) is -0.102. The van der Waals surface area contributed by atoms with Crippen LogP contribution in [0.3, 0.4) is 0 Å². The second-order valence-electron chi connectivity index (χ2n) is 17.6. The fourth-order valence-corrected chi connectivity index (χ4v) is 8.08. The SMILES string of the molecule is CCCCCC(=O)/C=C/C=C\CCCCCCCC(=O)OC[C@H](COP(=O)(O)OC[C@@H](O)COP(=O)(O)O)OC(=O)CCCCCCCCCCCCCCCCCCCCC(C)C. The minimum atomic E-state index is -4.87. The minimum Gasteiger partial charge on any atom is -0.462 e. The molecule has 16 heteroatoms. The van der Waals surface area contributed by atoms with E-state index < -0.39 is 66.2 Å². The number of carbonyl (C=O) groups is 3. The van der Waals surface area contributed by atoms with Gasteiger partial charge in [0.15, 0.2) is 11.9 Å². The van der Waals surface area contributed by atoms with Gasteiger partial charge in [-0.15, -0.1) is 0 Å². The van der Waals surface area contributed by atoms with Crippen molar-refractivity contribution in [3.05, 3.63) is 24.3 Å². The second-order valence-corrected chi connectivity index (χ2v) is 20.3. The molecule has 0 radical (unpaired) electrons. The zero-order chi connectivity index (χ0) is 47.6. The molecule has 0 bridgehead atoms. The Kier molecular flexibility index (Phi) is 41.5. The van der Waals surface area contributed by atoms with Gasteiger partial charge in [0.25, 0.3) is 0 Å². The molecule has 4 N–H and O–H groups in total. The maximum absolute atomic E-state index is 12.7. The van der Waals surface area contributed by atoms with Crippen LogP contribution in [-0.4, -0.2) is 76.1 Å². The van der Waals surface area contributed by atoms with Gasteiger partial charge in [0.1, 0.15) is 12.7 Å². The molecule has 0 spiro atoms. The van der Waals surface area contributed by atoms with Crippen LogP contribution in [0.4, 0.5) is 0 Å². The summed E-state index contributed by atoms with van der Waals surface area (Å²) in [6, 6.07) is 0. The molecule has 0 saturated heterocycles. The number of unbranched alkanes of at least 4 members (excludes halogenated alkanes) is 24. The van der Waals surface area contributed by atoms with Crippen molar-refractivity contribution in [2.75, 3.05) is 26.4 Å². The average molecular weight is 953 g/mol. The smallest absolute Gasteiger partial charge is 0.462 e. The highest BCUT2D eigenvalue weighted by Gasteiger charge is 2.28. The Morgan fingerprint density at radius 2 is 0.984 bits per heavy atom. The Hall–Kier alpha value is -1.73. The summed E-state index contributed by atoms with van der Waals surface area (Å²) in [5, 5.41) is 9.77. The molecule has 0 rings (SSSR count). The summed E-state index contributed by atoms with van der Waals surface area (Å²) in [5.41, 5.74) is 0. The Balaban J connectivity index is 4.43. The van der Waals surface area contributed by atoms with Crippen molar-refractivity contribution in [1.29, 1.82) is 0 Å². The number of hydrogen-bond acceptors (Lipinski definition) is 11. The Labute approximate surface area is 387 Å². The lowest BCUT2D eigenvalue weighted by Gasteiger charge is -2.20. The lowest BCUT2D eigenvalue weighted by atomic mass is 10.0. The molecule has 64 heavy (non-hydrogen) atoms. The van der Waals surface area contributed by atoms with E-state index in [-0.39, 0.29) is 18.6 Å². The quantitative estimate of drug-likeness (QED) is 0.0147. The van der Waals surface area contributed by atoms with E-state index in [1.807, 2.05) is 12.2 Å². The number of phosphoric ester groups is 2. The normalized spacial score (nSPS) is 14.1. The zero-order valence-electron chi connectivity index (χ0n) is 40.1. The first kappa shape index (κ1) is 62.3. The maximum Gasteiger partial charge on any atom is 0.472 e. The average Bonchev–Trinajstić information content (AvgIpc) is 3.24. The van der Waals surface area contributed by atoms with Gasteiger partial charge in [0.05, 0.1) is 19.8 Å². The predicted molar refractivity (Wildman–Crippen MR) is 253 cm³/mol. The zero-order valence-corrected chi connectivity index (χ0v) is 41.8. The first-order valence-electron chi connectivity index (χ1n) is 24.8. The first-order chi connectivity index (χ1) is 30.6. The molecule has 0 aliphatic heterocycles. The van der Waals surface area contributed by atoms with Crippen LogP contribution in [-0.2, 0) is 46.6 Å². The fourth-order valence-electron chi connectivity index (χ4n) is 6.93. The van der Waals surface area contributed by atoms with Gasteiger partial charge in [-0.2, -0.15) is 0 Å². The molecule has 0 aromatic heterocycles. The second kappa shape index (κ2) is 42.6. The van der Waals surface area contributed by atoms with E-state index in [1.54, 1.807) is 12.2 Å². The van der Waals surface area contributed by atoms with Gasteiger partial charge in [-0.3, -0.25) is 28.0 Å². The molecule has 0 aliphatic rings. The van der Waals surface area contributed by atoms with Gasteiger partial charge >= 0.3 is 27.6 Å². The van der Waals surface area contributed by atoms with Crippen LogP contribution in [0.25, 0.3) is 0 Å². The molecular formula is C48H90O14P2. The van der Waals surface area contributed by atoms with Crippen LogP contribution < -0.4 is 0 Å². The van der Waals surface area contributed by atoms with Crippen molar-refractivity contribution in [3.8, 4) is 0 Å². The Morgan fingerprint density at radius 3 is 1.50 bits per heavy atom. The van der Waals surface area contributed by atoms with E-state index in [4.69, 9.17) is 28.3 Å². The van der Waals surface area contributed by atoms with Crippen LogP contribution in [0.15, 0.2) is 24.3 Å². The minimum absolute atomic E-state index is 0.118. The number of hydrogen-bond donors (Lipinski definition) is 4. The molecule has 0 saturated carbocycles. The Morgan fingerprint density at radius 1 is 0.531 bits per heavy atom. The highest BCUT2D eigenvalue weighted by atomic mass is 31.2. The van der Waals surface area contributed by atoms with Crippen molar-refractivity contribution in [3.63, 3.8) is 0 Å². The largest absolute Gasteiger partial charge is 0.472 e.